The van der Waals surface area contributed by atoms with Gasteiger partial charge in [0.05, 0.1) is 16.7 Å². The molecule has 3 rings (SSSR count). The van der Waals surface area contributed by atoms with Gasteiger partial charge in [0.15, 0.2) is 0 Å². The monoisotopic (exact) mass is 346 g/mol. The summed E-state index contributed by atoms with van der Waals surface area (Å²) >= 11 is 5.62. The Hall–Kier alpha value is -1.39. The number of aromatic nitrogens is 2. The van der Waals surface area contributed by atoms with Crippen molar-refractivity contribution < 1.29 is 0 Å². The molecular formula is C16H15BrN2S. The Bertz CT molecular complexity index is 696. The molecule has 102 valence electrons. The van der Waals surface area contributed by atoms with Gasteiger partial charge in [-0.1, -0.05) is 34.1 Å². The van der Waals surface area contributed by atoms with Crippen LogP contribution in [0.2, 0.25) is 0 Å². The molecule has 3 aromatic rings. The van der Waals surface area contributed by atoms with Crippen LogP contribution >= 0.6 is 27.3 Å². The summed E-state index contributed by atoms with van der Waals surface area (Å²) in [4.78, 5) is 2.91. The molecule has 1 unspecified atom stereocenters. The van der Waals surface area contributed by atoms with Crippen molar-refractivity contribution in [2.45, 2.75) is 18.7 Å². The van der Waals surface area contributed by atoms with E-state index in [2.05, 4.69) is 59.3 Å². The highest BCUT2D eigenvalue weighted by atomic mass is 79.9. The molecule has 2 heterocycles. The summed E-state index contributed by atoms with van der Waals surface area (Å²) in [5, 5.41) is 4.45. The zero-order valence-electron chi connectivity index (χ0n) is 11.4. The van der Waals surface area contributed by atoms with Crippen LogP contribution in [0.3, 0.4) is 0 Å². The van der Waals surface area contributed by atoms with Gasteiger partial charge in [-0.2, -0.15) is 5.10 Å². The van der Waals surface area contributed by atoms with Crippen molar-refractivity contribution in [1.29, 1.82) is 0 Å². The van der Waals surface area contributed by atoms with Crippen LogP contribution in [0, 0.1) is 13.8 Å². The number of nitrogens with zero attached hydrogens (tertiary/aromatic N) is 2. The lowest BCUT2D eigenvalue weighted by molar-refractivity contribution is 0.880. The highest BCUT2D eigenvalue weighted by molar-refractivity contribution is 9.09. The van der Waals surface area contributed by atoms with E-state index in [1.807, 2.05) is 40.4 Å². The largest absolute Gasteiger partial charge is 0.241 e. The molecule has 0 spiro atoms. The van der Waals surface area contributed by atoms with Crippen molar-refractivity contribution in [2.24, 2.45) is 0 Å². The summed E-state index contributed by atoms with van der Waals surface area (Å²) in [6.07, 6.45) is 4.01. The van der Waals surface area contributed by atoms with Crippen LogP contribution < -0.4 is 0 Å². The first kappa shape index (κ1) is 13.6. The standard InChI is InChI=1S/C16H15BrN2S/c1-11-8-15(20-12(11)2)16(17)13-9-18-19(10-13)14-6-4-3-5-7-14/h3-10,16H,1-2H3. The summed E-state index contributed by atoms with van der Waals surface area (Å²) in [7, 11) is 0. The van der Waals surface area contributed by atoms with Crippen molar-refractivity contribution >= 4 is 27.3 Å². The SMILES string of the molecule is Cc1cc(C(Br)c2cnn(-c3ccccc3)c2)sc1C. The molecule has 0 fully saturated rings. The molecule has 0 aliphatic heterocycles. The van der Waals surface area contributed by atoms with Crippen molar-refractivity contribution in [3.63, 3.8) is 0 Å². The quantitative estimate of drug-likeness (QED) is 0.607. The first-order valence-electron chi connectivity index (χ1n) is 6.46. The molecule has 0 saturated carbocycles. The molecule has 1 aromatic carbocycles. The third-order valence-electron chi connectivity index (χ3n) is 3.35. The number of thiophene rings is 1. The Balaban J connectivity index is 1.90. The van der Waals surface area contributed by atoms with Gasteiger partial charge >= 0.3 is 0 Å². The molecule has 1 atom stereocenters. The third-order valence-corrected chi connectivity index (χ3v) is 5.89. The molecule has 0 N–H and O–H groups in total. The van der Waals surface area contributed by atoms with E-state index in [4.69, 9.17) is 0 Å². The smallest absolute Gasteiger partial charge is 0.0769 e. The second-order valence-corrected chi connectivity index (χ2v) is 7.01. The molecule has 0 amide bonds. The summed E-state index contributed by atoms with van der Waals surface area (Å²) in [5.41, 5.74) is 3.61. The molecule has 0 aliphatic rings. The van der Waals surface area contributed by atoms with Crippen LogP contribution in [0.15, 0.2) is 48.8 Å². The minimum atomic E-state index is 0.206. The van der Waals surface area contributed by atoms with Crippen LogP contribution in [0.4, 0.5) is 0 Å². The first-order chi connectivity index (χ1) is 9.65. The highest BCUT2D eigenvalue weighted by Gasteiger charge is 2.16. The molecule has 0 radical (unpaired) electrons. The number of hydrogen-bond acceptors (Lipinski definition) is 2. The second kappa shape index (κ2) is 5.54. The van der Waals surface area contributed by atoms with Gasteiger partial charge in [0, 0.05) is 21.5 Å². The van der Waals surface area contributed by atoms with Gasteiger partial charge in [-0.25, -0.2) is 4.68 Å². The number of rotatable bonds is 3. The fourth-order valence-corrected chi connectivity index (χ4v) is 3.78. The maximum atomic E-state index is 4.45. The highest BCUT2D eigenvalue weighted by Crippen LogP contribution is 2.36. The minimum Gasteiger partial charge on any atom is -0.241 e. The van der Waals surface area contributed by atoms with Crippen LogP contribution in [0.1, 0.15) is 25.7 Å². The molecule has 20 heavy (non-hydrogen) atoms. The lowest BCUT2D eigenvalue weighted by atomic mass is 10.2. The van der Waals surface area contributed by atoms with Crippen molar-refractivity contribution in [2.75, 3.05) is 0 Å². The number of alkyl halides is 1. The summed E-state index contributed by atoms with van der Waals surface area (Å²) in [6, 6.07) is 12.4. The fraction of sp³-hybridized carbons (Fsp3) is 0.188. The Kier molecular flexibility index (Phi) is 3.76. The maximum Gasteiger partial charge on any atom is 0.0769 e. The number of halogens is 1. The van der Waals surface area contributed by atoms with Crippen molar-refractivity contribution in [3.8, 4) is 5.69 Å². The van der Waals surface area contributed by atoms with E-state index in [9.17, 15) is 0 Å². The number of aryl methyl sites for hydroxylation is 2. The molecule has 0 bridgehead atoms. The Morgan fingerprint density at radius 2 is 1.95 bits per heavy atom. The fourth-order valence-electron chi connectivity index (χ4n) is 2.08. The maximum absolute atomic E-state index is 4.45. The van der Waals surface area contributed by atoms with E-state index >= 15 is 0 Å². The van der Waals surface area contributed by atoms with Gasteiger partial charge in [0.2, 0.25) is 0 Å². The minimum absolute atomic E-state index is 0.206. The molecule has 2 nitrogen and oxygen atoms in total. The van der Waals surface area contributed by atoms with Gasteiger partial charge < -0.3 is 0 Å². The molecule has 2 aromatic heterocycles. The zero-order valence-corrected chi connectivity index (χ0v) is 13.8. The summed E-state index contributed by atoms with van der Waals surface area (Å²) in [5.74, 6) is 0. The van der Waals surface area contributed by atoms with E-state index in [-0.39, 0.29) is 4.83 Å². The Morgan fingerprint density at radius 1 is 1.20 bits per heavy atom. The van der Waals surface area contributed by atoms with Crippen molar-refractivity contribution in [3.05, 3.63) is 69.7 Å². The number of hydrogen-bond donors (Lipinski definition) is 0. The number of benzene rings is 1. The van der Waals surface area contributed by atoms with E-state index in [0.717, 1.165) is 5.69 Å². The predicted octanol–water partition coefficient (Wildman–Crippen LogP) is 5.03. The lowest BCUT2D eigenvalue weighted by Crippen LogP contribution is -1.93. The first-order valence-corrected chi connectivity index (χ1v) is 8.19. The summed E-state index contributed by atoms with van der Waals surface area (Å²) in [6.45, 7) is 4.32. The lowest BCUT2D eigenvalue weighted by Gasteiger charge is -2.04. The van der Waals surface area contributed by atoms with Gasteiger partial charge in [-0.05, 0) is 37.6 Å². The molecule has 4 heteroatoms. The van der Waals surface area contributed by atoms with E-state index in [0.29, 0.717) is 0 Å². The van der Waals surface area contributed by atoms with Gasteiger partial charge in [0.1, 0.15) is 0 Å². The van der Waals surface area contributed by atoms with Crippen molar-refractivity contribution in [1.82, 2.24) is 9.78 Å². The van der Waals surface area contributed by atoms with Crippen LogP contribution in [0.25, 0.3) is 5.69 Å². The van der Waals surface area contributed by atoms with Gasteiger partial charge in [-0.3, -0.25) is 0 Å². The van der Waals surface area contributed by atoms with Crippen LogP contribution in [0.5, 0.6) is 0 Å². The average Bonchev–Trinajstić information content (AvgIpc) is 3.07. The van der Waals surface area contributed by atoms with E-state index in [1.54, 1.807) is 0 Å². The zero-order chi connectivity index (χ0) is 14.1. The number of para-hydroxylation sites is 1. The van der Waals surface area contributed by atoms with Gasteiger partial charge in [-0.15, -0.1) is 11.3 Å². The second-order valence-electron chi connectivity index (χ2n) is 4.80. The van der Waals surface area contributed by atoms with Gasteiger partial charge in [0.25, 0.3) is 0 Å². The van der Waals surface area contributed by atoms with E-state index in [1.165, 1.54) is 20.9 Å². The Morgan fingerprint density at radius 3 is 2.60 bits per heavy atom. The van der Waals surface area contributed by atoms with Crippen LogP contribution in [-0.2, 0) is 0 Å². The molecule has 0 aliphatic carbocycles. The van der Waals surface area contributed by atoms with Crippen LogP contribution in [-0.4, -0.2) is 9.78 Å². The molecular weight excluding hydrogens is 332 g/mol. The normalized spacial score (nSPS) is 12.6. The average molecular weight is 347 g/mol. The van der Waals surface area contributed by atoms with E-state index < -0.39 is 0 Å². The Labute approximate surface area is 131 Å². The molecule has 0 saturated heterocycles. The third kappa shape index (κ3) is 2.58. The predicted molar refractivity (Wildman–Crippen MR) is 88.1 cm³/mol. The summed E-state index contributed by atoms with van der Waals surface area (Å²) < 4.78 is 1.91. The topological polar surface area (TPSA) is 17.8 Å².